The molecule has 2 fully saturated rings. The highest BCUT2D eigenvalue weighted by Gasteiger charge is 2.37. The van der Waals surface area contributed by atoms with E-state index in [1.54, 1.807) is 0 Å². The molecule has 0 saturated carbocycles. The van der Waals surface area contributed by atoms with Gasteiger partial charge in [0.1, 0.15) is 0 Å². The predicted molar refractivity (Wildman–Crippen MR) is 46.0 cm³/mol. The van der Waals surface area contributed by atoms with Gasteiger partial charge in [-0.15, -0.1) is 0 Å². The molecule has 2 heterocycles. The lowest BCUT2D eigenvalue weighted by atomic mass is 10.2. The van der Waals surface area contributed by atoms with Crippen molar-refractivity contribution in [2.75, 3.05) is 40.3 Å². The Morgan fingerprint density at radius 3 is 2.75 bits per heavy atom. The second-order valence-corrected chi connectivity index (χ2v) is 3.77. The minimum Gasteiger partial charge on any atom is -0.326 e. The van der Waals surface area contributed by atoms with E-state index in [4.69, 9.17) is 0 Å². The maximum absolute atomic E-state index is 11.5. The van der Waals surface area contributed by atoms with Crippen molar-refractivity contribution in [3.8, 4) is 0 Å². The molecule has 1 atom stereocenters. The van der Waals surface area contributed by atoms with Crippen LogP contribution in [0.1, 0.15) is 0 Å². The summed E-state index contributed by atoms with van der Waals surface area (Å²) in [7, 11) is 3.99. The number of rotatable bonds is 0. The third-order valence-electron chi connectivity index (χ3n) is 2.74. The van der Waals surface area contributed by atoms with Crippen molar-refractivity contribution in [3.05, 3.63) is 0 Å². The lowest BCUT2D eigenvalue weighted by molar-refractivity contribution is 0.138. The molecule has 2 saturated heterocycles. The van der Waals surface area contributed by atoms with Gasteiger partial charge in [-0.1, -0.05) is 0 Å². The average Bonchev–Trinajstić information content (AvgIpc) is 2.28. The van der Waals surface area contributed by atoms with Gasteiger partial charge in [0.2, 0.25) is 0 Å². The molecule has 0 radical (unpaired) electrons. The molecule has 4 heteroatoms. The summed E-state index contributed by atoms with van der Waals surface area (Å²) in [6.45, 7) is 3.82. The van der Waals surface area contributed by atoms with Crippen LogP contribution in [0.3, 0.4) is 0 Å². The normalized spacial score (nSPS) is 31.2. The van der Waals surface area contributed by atoms with E-state index in [9.17, 15) is 4.79 Å². The van der Waals surface area contributed by atoms with E-state index in [0.717, 1.165) is 26.2 Å². The Hall–Kier alpha value is -0.770. The van der Waals surface area contributed by atoms with Crippen LogP contribution in [-0.4, -0.2) is 67.0 Å². The van der Waals surface area contributed by atoms with E-state index in [2.05, 4.69) is 11.9 Å². The lowest BCUT2D eigenvalue weighted by Gasteiger charge is -2.33. The first-order valence-electron chi connectivity index (χ1n) is 4.39. The SMILES string of the molecule is CN1CCN2C(=O)N(C)CC2C1. The summed E-state index contributed by atoms with van der Waals surface area (Å²) in [4.78, 5) is 17.6. The first-order valence-corrected chi connectivity index (χ1v) is 4.39. The van der Waals surface area contributed by atoms with Crippen molar-refractivity contribution >= 4 is 6.03 Å². The Bertz CT molecular complexity index is 206. The Labute approximate surface area is 72.7 Å². The summed E-state index contributed by atoms with van der Waals surface area (Å²) >= 11 is 0. The van der Waals surface area contributed by atoms with Crippen molar-refractivity contribution in [1.82, 2.24) is 14.7 Å². The highest BCUT2D eigenvalue weighted by atomic mass is 16.2. The van der Waals surface area contributed by atoms with Gasteiger partial charge < -0.3 is 14.7 Å². The van der Waals surface area contributed by atoms with Gasteiger partial charge in [-0.25, -0.2) is 4.79 Å². The molecule has 0 spiro atoms. The van der Waals surface area contributed by atoms with Crippen LogP contribution in [0, 0.1) is 0 Å². The number of amides is 2. The summed E-state index contributed by atoms with van der Waals surface area (Å²) in [5.74, 6) is 0. The first-order chi connectivity index (χ1) is 5.68. The number of carbonyl (C=O) groups is 1. The van der Waals surface area contributed by atoms with Gasteiger partial charge in [0, 0.05) is 33.2 Å². The zero-order valence-electron chi connectivity index (χ0n) is 7.66. The van der Waals surface area contributed by atoms with Crippen molar-refractivity contribution in [2.24, 2.45) is 0 Å². The van der Waals surface area contributed by atoms with Gasteiger partial charge in [0.25, 0.3) is 0 Å². The quantitative estimate of drug-likeness (QED) is 0.496. The van der Waals surface area contributed by atoms with Crippen LogP contribution in [-0.2, 0) is 0 Å². The van der Waals surface area contributed by atoms with Gasteiger partial charge in [-0.3, -0.25) is 0 Å². The maximum atomic E-state index is 11.5. The number of urea groups is 1. The maximum Gasteiger partial charge on any atom is 0.320 e. The van der Waals surface area contributed by atoms with Gasteiger partial charge in [-0.05, 0) is 7.05 Å². The zero-order valence-corrected chi connectivity index (χ0v) is 7.66. The highest BCUT2D eigenvalue weighted by molar-refractivity contribution is 5.77. The zero-order chi connectivity index (χ0) is 8.72. The Kier molecular flexibility index (Phi) is 1.72. The van der Waals surface area contributed by atoms with E-state index in [1.807, 2.05) is 16.8 Å². The molecule has 2 aliphatic heterocycles. The van der Waals surface area contributed by atoms with Gasteiger partial charge in [-0.2, -0.15) is 0 Å². The Morgan fingerprint density at radius 1 is 1.25 bits per heavy atom. The average molecular weight is 169 g/mol. The molecular formula is C8H15N3O. The predicted octanol–water partition coefficient (Wildman–Crippen LogP) is -0.332. The number of hydrogen-bond donors (Lipinski definition) is 0. The molecule has 2 rings (SSSR count). The molecule has 0 aromatic heterocycles. The van der Waals surface area contributed by atoms with Crippen LogP contribution in [0.4, 0.5) is 4.79 Å². The largest absolute Gasteiger partial charge is 0.326 e. The number of nitrogens with zero attached hydrogens (tertiary/aromatic N) is 3. The van der Waals surface area contributed by atoms with Crippen LogP contribution < -0.4 is 0 Å². The van der Waals surface area contributed by atoms with Crippen LogP contribution in [0.5, 0.6) is 0 Å². The van der Waals surface area contributed by atoms with Gasteiger partial charge in [0.05, 0.1) is 6.04 Å². The third kappa shape index (κ3) is 1.06. The van der Waals surface area contributed by atoms with Crippen molar-refractivity contribution in [2.45, 2.75) is 6.04 Å². The number of fused-ring (bicyclic) bond motifs is 1. The monoisotopic (exact) mass is 169 g/mol. The van der Waals surface area contributed by atoms with Gasteiger partial charge >= 0.3 is 6.03 Å². The topological polar surface area (TPSA) is 26.8 Å². The molecule has 0 bridgehead atoms. The standard InChI is InChI=1S/C8H15N3O/c1-9-3-4-11-7(5-9)6-10(2)8(11)12/h7H,3-6H2,1-2H3. The lowest BCUT2D eigenvalue weighted by Crippen LogP contribution is -2.50. The molecule has 0 aromatic rings. The van der Waals surface area contributed by atoms with E-state index >= 15 is 0 Å². The summed E-state index contributed by atoms with van der Waals surface area (Å²) in [6, 6.07) is 0.634. The van der Waals surface area contributed by atoms with Crippen molar-refractivity contribution in [3.63, 3.8) is 0 Å². The molecule has 4 nitrogen and oxygen atoms in total. The van der Waals surface area contributed by atoms with E-state index in [0.29, 0.717) is 6.04 Å². The minimum atomic E-state index is 0.202. The van der Waals surface area contributed by atoms with E-state index < -0.39 is 0 Å². The first kappa shape index (κ1) is 7.86. The molecule has 2 amide bonds. The smallest absolute Gasteiger partial charge is 0.320 e. The summed E-state index contributed by atoms with van der Waals surface area (Å²) in [6.07, 6.45) is 0. The van der Waals surface area contributed by atoms with Gasteiger partial charge in [0.15, 0.2) is 0 Å². The number of piperazine rings is 1. The molecule has 0 N–H and O–H groups in total. The fraction of sp³-hybridized carbons (Fsp3) is 0.875. The molecule has 1 unspecified atom stereocenters. The Balaban J connectivity index is 2.09. The van der Waals surface area contributed by atoms with Crippen LogP contribution in [0.25, 0.3) is 0 Å². The van der Waals surface area contributed by atoms with Crippen molar-refractivity contribution < 1.29 is 4.79 Å². The summed E-state index contributed by atoms with van der Waals surface area (Å²) in [5, 5.41) is 0. The second-order valence-electron chi connectivity index (χ2n) is 3.77. The fourth-order valence-corrected chi connectivity index (χ4v) is 2.03. The number of hydrogen-bond acceptors (Lipinski definition) is 2. The number of likely N-dealkylation sites (N-methyl/N-ethyl adjacent to an activating group) is 2. The molecule has 2 aliphatic rings. The molecule has 68 valence electrons. The van der Waals surface area contributed by atoms with Crippen LogP contribution in [0.2, 0.25) is 0 Å². The Morgan fingerprint density at radius 2 is 2.00 bits per heavy atom. The number of carbonyl (C=O) groups excluding carboxylic acids is 1. The fourth-order valence-electron chi connectivity index (χ4n) is 2.03. The van der Waals surface area contributed by atoms with Crippen LogP contribution in [0.15, 0.2) is 0 Å². The van der Waals surface area contributed by atoms with Crippen LogP contribution >= 0.6 is 0 Å². The van der Waals surface area contributed by atoms with Crippen molar-refractivity contribution in [1.29, 1.82) is 0 Å². The molecular weight excluding hydrogens is 154 g/mol. The minimum absolute atomic E-state index is 0.202. The molecule has 12 heavy (non-hydrogen) atoms. The second kappa shape index (κ2) is 2.62. The summed E-state index contributed by atoms with van der Waals surface area (Å²) in [5.41, 5.74) is 0. The third-order valence-corrected chi connectivity index (χ3v) is 2.74. The summed E-state index contributed by atoms with van der Waals surface area (Å²) < 4.78 is 0. The highest BCUT2D eigenvalue weighted by Crippen LogP contribution is 2.17. The molecule has 0 aromatic carbocycles. The van der Waals surface area contributed by atoms with E-state index in [1.165, 1.54) is 0 Å². The van der Waals surface area contributed by atoms with E-state index in [-0.39, 0.29) is 6.03 Å². The molecule has 0 aliphatic carbocycles.